The monoisotopic (exact) mass is 300 g/mol. The van der Waals surface area contributed by atoms with Gasteiger partial charge in [-0.25, -0.2) is 13.6 Å². The van der Waals surface area contributed by atoms with Crippen LogP contribution in [0.25, 0.3) is 0 Å². The fourth-order valence-corrected chi connectivity index (χ4v) is 2.58. The molecule has 112 valence electrons. The van der Waals surface area contributed by atoms with Crippen LogP contribution < -0.4 is 15.2 Å². The molecule has 1 aromatic rings. The summed E-state index contributed by atoms with van der Waals surface area (Å²) in [5.41, 5.74) is 0.234. The van der Waals surface area contributed by atoms with Crippen LogP contribution in [-0.4, -0.2) is 27.5 Å². The number of primary sulfonamides is 1. The molecule has 7 heteroatoms. The van der Waals surface area contributed by atoms with Gasteiger partial charge in [0.25, 0.3) is 5.91 Å². The molecular formula is C13H20N2O4S. The Balaban J connectivity index is 3.06. The number of ether oxygens (including phenoxy) is 1. The quantitative estimate of drug-likeness (QED) is 0.826. The van der Waals surface area contributed by atoms with Gasteiger partial charge in [-0.1, -0.05) is 13.3 Å². The average Bonchev–Trinajstić information content (AvgIpc) is 2.37. The Labute approximate surface area is 119 Å². The number of carbonyl (C=O) groups is 1. The Morgan fingerprint density at radius 3 is 2.60 bits per heavy atom. The van der Waals surface area contributed by atoms with Gasteiger partial charge < -0.3 is 10.1 Å². The predicted octanol–water partition coefficient (Wildman–Crippen LogP) is 1.26. The third-order valence-corrected chi connectivity index (χ3v) is 3.76. The van der Waals surface area contributed by atoms with E-state index in [1.165, 1.54) is 25.3 Å². The number of amides is 1. The van der Waals surface area contributed by atoms with Crippen molar-refractivity contribution in [3.63, 3.8) is 0 Å². The van der Waals surface area contributed by atoms with E-state index in [2.05, 4.69) is 5.32 Å². The minimum Gasteiger partial charge on any atom is -0.495 e. The summed E-state index contributed by atoms with van der Waals surface area (Å²) in [6, 6.07) is 4.16. The highest BCUT2D eigenvalue weighted by molar-refractivity contribution is 7.89. The molecule has 0 radical (unpaired) electrons. The van der Waals surface area contributed by atoms with Crippen molar-refractivity contribution in [1.29, 1.82) is 0 Å². The molecular weight excluding hydrogens is 280 g/mol. The number of hydrogen-bond donors (Lipinski definition) is 2. The van der Waals surface area contributed by atoms with Gasteiger partial charge in [-0.3, -0.25) is 4.79 Å². The lowest BCUT2D eigenvalue weighted by atomic mass is 10.1. The molecule has 1 aromatic carbocycles. The number of carbonyl (C=O) groups excluding carboxylic acids is 1. The van der Waals surface area contributed by atoms with Crippen molar-refractivity contribution < 1.29 is 17.9 Å². The minimum atomic E-state index is -3.95. The number of rotatable bonds is 6. The van der Waals surface area contributed by atoms with E-state index in [4.69, 9.17) is 9.88 Å². The maximum atomic E-state index is 12.0. The normalized spacial score (nSPS) is 12.8. The summed E-state index contributed by atoms with van der Waals surface area (Å²) in [5, 5.41) is 7.91. The van der Waals surface area contributed by atoms with Crippen LogP contribution in [0.3, 0.4) is 0 Å². The lowest BCUT2D eigenvalue weighted by molar-refractivity contribution is 0.0938. The predicted molar refractivity (Wildman–Crippen MR) is 76.2 cm³/mol. The first-order valence-corrected chi connectivity index (χ1v) is 7.86. The Morgan fingerprint density at radius 2 is 2.10 bits per heavy atom. The first-order valence-electron chi connectivity index (χ1n) is 6.31. The third kappa shape index (κ3) is 4.21. The van der Waals surface area contributed by atoms with Crippen molar-refractivity contribution in [3.05, 3.63) is 23.8 Å². The number of methoxy groups -OCH3 is 1. The van der Waals surface area contributed by atoms with E-state index in [1.807, 2.05) is 13.8 Å². The van der Waals surface area contributed by atoms with E-state index in [0.717, 1.165) is 12.8 Å². The van der Waals surface area contributed by atoms with Crippen LogP contribution in [0.2, 0.25) is 0 Å². The van der Waals surface area contributed by atoms with Crippen LogP contribution >= 0.6 is 0 Å². The van der Waals surface area contributed by atoms with Crippen molar-refractivity contribution >= 4 is 15.9 Å². The Bertz CT molecular complexity index is 584. The molecule has 0 aliphatic heterocycles. The van der Waals surface area contributed by atoms with E-state index in [1.54, 1.807) is 0 Å². The summed E-state index contributed by atoms with van der Waals surface area (Å²) in [6.07, 6.45) is 1.80. The van der Waals surface area contributed by atoms with Gasteiger partial charge in [0.15, 0.2) is 0 Å². The molecule has 0 aliphatic carbocycles. The molecule has 20 heavy (non-hydrogen) atoms. The van der Waals surface area contributed by atoms with Crippen LogP contribution in [-0.2, 0) is 10.0 Å². The van der Waals surface area contributed by atoms with Gasteiger partial charge in [0, 0.05) is 11.6 Å². The summed E-state index contributed by atoms with van der Waals surface area (Å²) >= 11 is 0. The van der Waals surface area contributed by atoms with E-state index < -0.39 is 10.0 Å². The van der Waals surface area contributed by atoms with Crippen LogP contribution in [0, 0.1) is 0 Å². The zero-order valence-corrected chi connectivity index (χ0v) is 12.7. The Hall–Kier alpha value is -1.60. The molecule has 0 aromatic heterocycles. The van der Waals surface area contributed by atoms with Crippen LogP contribution in [0.5, 0.6) is 5.75 Å². The molecule has 0 saturated carbocycles. The van der Waals surface area contributed by atoms with E-state index >= 15 is 0 Å². The average molecular weight is 300 g/mol. The third-order valence-electron chi connectivity index (χ3n) is 2.83. The van der Waals surface area contributed by atoms with Gasteiger partial charge in [0.05, 0.1) is 7.11 Å². The van der Waals surface area contributed by atoms with Gasteiger partial charge in [0.2, 0.25) is 10.0 Å². The summed E-state index contributed by atoms with van der Waals surface area (Å²) in [6.45, 7) is 3.92. The first-order chi connectivity index (χ1) is 9.29. The van der Waals surface area contributed by atoms with Gasteiger partial charge in [-0.2, -0.15) is 0 Å². The summed E-state index contributed by atoms with van der Waals surface area (Å²) in [5.74, 6) is -0.218. The molecule has 1 atom stereocenters. The highest BCUT2D eigenvalue weighted by atomic mass is 32.2. The second-order valence-corrected chi connectivity index (χ2v) is 6.10. The molecule has 0 aliphatic rings. The molecule has 0 bridgehead atoms. The second-order valence-electron chi connectivity index (χ2n) is 4.57. The molecule has 6 nitrogen and oxygen atoms in total. The van der Waals surface area contributed by atoms with Crippen molar-refractivity contribution in [3.8, 4) is 5.75 Å². The second kappa shape index (κ2) is 6.71. The zero-order valence-electron chi connectivity index (χ0n) is 11.8. The molecule has 0 saturated heterocycles. The fraction of sp³-hybridized carbons (Fsp3) is 0.462. The Morgan fingerprint density at radius 1 is 1.45 bits per heavy atom. The summed E-state index contributed by atoms with van der Waals surface area (Å²) in [7, 11) is -2.60. The molecule has 3 N–H and O–H groups in total. The molecule has 0 heterocycles. The van der Waals surface area contributed by atoms with Gasteiger partial charge in [0.1, 0.15) is 10.6 Å². The first kappa shape index (κ1) is 16.5. The Kier molecular flexibility index (Phi) is 5.52. The lowest BCUT2D eigenvalue weighted by Crippen LogP contribution is -2.32. The zero-order chi connectivity index (χ0) is 15.3. The number of benzene rings is 1. The van der Waals surface area contributed by atoms with Gasteiger partial charge in [-0.05, 0) is 31.5 Å². The van der Waals surface area contributed by atoms with Gasteiger partial charge >= 0.3 is 0 Å². The van der Waals surface area contributed by atoms with Crippen molar-refractivity contribution in [2.45, 2.75) is 37.6 Å². The number of nitrogens with one attached hydrogen (secondary N) is 1. The molecule has 1 rings (SSSR count). The molecule has 0 fully saturated rings. The largest absolute Gasteiger partial charge is 0.495 e. The van der Waals surface area contributed by atoms with Crippen LogP contribution in [0.15, 0.2) is 23.1 Å². The van der Waals surface area contributed by atoms with E-state index in [9.17, 15) is 13.2 Å². The molecule has 1 amide bonds. The maximum Gasteiger partial charge on any atom is 0.251 e. The molecule has 0 spiro atoms. The van der Waals surface area contributed by atoms with E-state index in [-0.39, 0.29) is 28.2 Å². The van der Waals surface area contributed by atoms with E-state index in [0.29, 0.717) is 0 Å². The van der Waals surface area contributed by atoms with Crippen molar-refractivity contribution in [2.24, 2.45) is 5.14 Å². The van der Waals surface area contributed by atoms with Gasteiger partial charge in [-0.15, -0.1) is 0 Å². The van der Waals surface area contributed by atoms with Crippen LogP contribution in [0.1, 0.15) is 37.0 Å². The summed E-state index contributed by atoms with van der Waals surface area (Å²) in [4.78, 5) is 11.8. The topological polar surface area (TPSA) is 98.5 Å². The molecule has 1 unspecified atom stereocenters. The minimum absolute atomic E-state index is 0.0209. The summed E-state index contributed by atoms with van der Waals surface area (Å²) < 4.78 is 27.9. The van der Waals surface area contributed by atoms with Crippen molar-refractivity contribution in [2.75, 3.05) is 7.11 Å². The lowest BCUT2D eigenvalue weighted by Gasteiger charge is -2.14. The van der Waals surface area contributed by atoms with Crippen molar-refractivity contribution in [1.82, 2.24) is 5.32 Å². The highest BCUT2D eigenvalue weighted by Crippen LogP contribution is 2.23. The number of hydrogen-bond acceptors (Lipinski definition) is 4. The smallest absolute Gasteiger partial charge is 0.251 e. The maximum absolute atomic E-state index is 12.0. The SMILES string of the molecule is CCCC(C)NC(=O)c1ccc(OC)c(S(N)(=O)=O)c1. The van der Waals surface area contributed by atoms with Crippen LogP contribution in [0.4, 0.5) is 0 Å². The fourth-order valence-electron chi connectivity index (χ4n) is 1.85. The number of nitrogens with two attached hydrogens (primary N) is 1. The number of sulfonamides is 1. The standard InChI is InChI=1S/C13H20N2O4S/c1-4-5-9(2)15-13(16)10-6-7-11(19-3)12(8-10)20(14,17)18/h6-9H,4-5H2,1-3H3,(H,15,16)(H2,14,17,18). The highest BCUT2D eigenvalue weighted by Gasteiger charge is 2.18.